The van der Waals surface area contributed by atoms with Crippen LogP contribution < -0.4 is 10.1 Å². The van der Waals surface area contributed by atoms with Gasteiger partial charge in [-0.2, -0.15) is 0 Å². The Labute approximate surface area is 168 Å². The van der Waals surface area contributed by atoms with Crippen LogP contribution in [0.4, 0.5) is 0 Å². The SMILES string of the molecule is COc1ccc2ccccc2c1CN(C(=O)[C@H]1CCN[C@@H](C)C1)C1CCCC1. The summed E-state index contributed by atoms with van der Waals surface area (Å²) in [5.74, 6) is 1.36. The zero-order valence-electron chi connectivity index (χ0n) is 17.1. The number of hydrogen-bond donors (Lipinski definition) is 1. The third-order valence-electron chi connectivity index (χ3n) is 6.57. The van der Waals surface area contributed by atoms with Crippen molar-refractivity contribution in [3.8, 4) is 5.75 Å². The van der Waals surface area contributed by atoms with Crippen molar-refractivity contribution >= 4 is 16.7 Å². The predicted octanol–water partition coefficient (Wildman–Crippen LogP) is 4.51. The van der Waals surface area contributed by atoms with E-state index in [0.29, 0.717) is 24.5 Å². The fraction of sp³-hybridized carbons (Fsp3) is 0.542. The van der Waals surface area contributed by atoms with Gasteiger partial charge in [0.2, 0.25) is 5.91 Å². The molecular weight excluding hydrogens is 348 g/mol. The lowest BCUT2D eigenvalue weighted by Gasteiger charge is -2.36. The Bertz CT molecular complexity index is 828. The third kappa shape index (κ3) is 3.88. The molecule has 2 atom stereocenters. The number of carbonyl (C=O) groups is 1. The molecule has 0 radical (unpaired) electrons. The molecule has 0 aromatic heterocycles. The third-order valence-corrected chi connectivity index (χ3v) is 6.57. The summed E-state index contributed by atoms with van der Waals surface area (Å²) in [6, 6.07) is 13.3. The largest absolute Gasteiger partial charge is 0.496 e. The Balaban J connectivity index is 1.68. The van der Waals surface area contributed by atoms with Crippen LogP contribution in [0.1, 0.15) is 51.0 Å². The van der Waals surface area contributed by atoms with E-state index in [4.69, 9.17) is 4.74 Å². The van der Waals surface area contributed by atoms with E-state index in [1.54, 1.807) is 7.11 Å². The second-order valence-corrected chi connectivity index (χ2v) is 8.45. The molecule has 2 aromatic carbocycles. The number of hydrogen-bond acceptors (Lipinski definition) is 3. The first-order chi connectivity index (χ1) is 13.7. The molecular formula is C24H32N2O2. The summed E-state index contributed by atoms with van der Waals surface area (Å²) in [7, 11) is 1.73. The van der Waals surface area contributed by atoms with Crippen LogP contribution in [-0.4, -0.2) is 36.5 Å². The highest BCUT2D eigenvalue weighted by atomic mass is 16.5. The summed E-state index contributed by atoms with van der Waals surface area (Å²) in [4.78, 5) is 15.8. The van der Waals surface area contributed by atoms with Crippen LogP contribution in [0.25, 0.3) is 10.8 Å². The van der Waals surface area contributed by atoms with Crippen molar-refractivity contribution in [1.82, 2.24) is 10.2 Å². The van der Waals surface area contributed by atoms with Gasteiger partial charge in [-0.15, -0.1) is 0 Å². The topological polar surface area (TPSA) is 41.6 Å². The predicted molar refractivity (Wildman–Crippen MR) is 113 cm³/mol. The standard InChI is InChI=1S/C24H32N2O2/c1-17-15-19(13-14-25-17)24(27)26(20-8-4-5-9-20)16-22-21-10-6-3-7-18(21)11-12-23(22)28-2/h3,6-7,10-12,17,19-20,25H,4-5,8-9,13-16H2,1-2H3/t17-,19-/m0/s1. The summed E-state index contributed by atoms with van der Waals surface area (Å²) in [6.45, 7) is 3.77. The van der Waals surface area contributed by atoms with E-state index >= 15 is 0 Å². The monoisotopic (exact) mass is 380 g/mol. The smallest absolute Gasteiger partial charge is 0.226 e. The molecule has 150 valence electrons. The molecule has 1 amide bonds. The van der Waals surface area contributed by atoms with Crippen molar-refractivity contribution in [2.24, 2.45) is 5.92 Å². The molecule has 4 heteroatoms. The van der Waals surface area contributed by atoms with Gasteiger partial charge in [0, 0.05) is 23.6 Å². The second-order valence-electron chi connectivity index (χ2n) is 8.45. The Kier molecular flexibility index (Phi) is 5.86. The lowest BCUT2D eigenvalue weighted by molar-refractivity contribution is -0.139. The summed E-state index contributed by atoms with van der Waals surface area (Å²) < 4.78 is 5.71. The number of carbonyl (C=O) groups excluding carboxylic acids is 1. The summed E-state index contributed by atoms with van der Waals surface area (Å²) in [6.07, 6.45) is 6.58. The number of piperidine rings is 1. The molecule has 1 heterocycles. The number of fused-ring (bicyclic) bond motifs is 1. The molecule has 1 aliphatic carbocycles. The van der Waals surface area contributed by atoms with E-state index in [2.05, 4.69) is 47.5 Å². The van der Waals surface area contributed by atoms with Gasteiger partial charge in [0.05, 0.1) is 13.7 Å². The molecule has 1 saturated heterocycles. The highest BCUT2D eigenvalue weighted by Crippen LogP contribution is 2.34. The van der Waals surface area contributed by atoms with E-state index in [-0.39, 0.29) is 5.92 Å². The van der Waals surface area contributed by atoms with Crippen LogP contribution in [-0.2, 0) is 11.3 Å². The Morgan fingerprint density at radius 3 is 2.68 bits per heavy atom. The minimum Gasteiger partial charge on any atom is -0.496 e. The maximum atomic E-state index is 13.6. The first-order valence-corrected chi connectivity index (χ1v) is 10.8. The van der Waals surface area contributed by atoms with Crippen LogP contribution in [0.2, 0.25) is 0 Å². The molecule has 4 rings (SSSR count). The van der Waals surface area contributed by atoms with Crippen LogP contribution >= 0.6 is 0 Å². The first-order valence-electron chi connectivity index (χ1n) is 10.8. The van der Waals surface area contributed by atoms with Gasteiger partial charge >= 0.3 is 0 Å². The van der Waals surface area contributed by atoms with Crippen LogP contribution in [0.15, 0.2) is 36.4 Å². The van der Waals surface area contributed by atoms with Gasteiger partial charge in [-0.25, -0.2) is 0 Å². The Morgan fingerprint density at radius 1 is 1.14 bits per heavy atom. The molecule has 0 unspecified atom stereocenters. The van der Waals surface area contributed by atoms with E-state index in [9.17, 15) is 4.79 Å². The van der Waals surface area contributed by atoms with Gasteiger partial charge in [-0.05, 0) is 56.0 Å². The number of amides is 1. The summed E-state index contributed by atoms with van der Waals surface area (Å²) in [5, 5.41) is 5.87. The molecule has 0 bridgehead atoms. The van der Waals surface area contributed by atoms with Gasteiger partial charge in [-0.1, -0.05) is 43.2 Å². The van der Waals surface area contributed by atoms with E-state index in [0.717, 1.165) is 43.5 Å². The number of rotatable bonds is 5. The molecule has 1 N–H and O–H groups in total. The lowest BCUT2D eigenvalue weighted by Crippen LogP contribution is -2.47. The average molecular weight is 381 g/mol. The number of methoxy groups -OCH3 is 1. The maximum absolute atomic E-state index is 13.6. The zero-order valence-corrected chi connectivity index (χ0v) is 17.1. The maximum Gasteiger partial charge on any atom is 0.226 e. The number of ether oxygens (including phenoxy) is 1. The van der Waals surface area contributed by atoms with Gasteiger partial charge in [-0.3, -0.25) is 4.79 Å². The number of nitrogens with zero attached hydrogens (tertiary/aromatic N) is 1. The molecule has 1 saturated carbocycles. The molecule has 1 aliphatic heterocycles. The van der Waals surface area contributed by atoms with Crippen molar-refractivity contribution in [2.75, 3.05) is 13.7 Å². The summed E-state index contributed by atoms with van der Waals surface area (Å²) in [5.41, 5.74) is 1.14. The normalized spacial score (nSPS) is 23.1. The zero-order chi connectivity index (χ0) is 19.5. The van der Waals surface area contributed by atoms with Crippen molar-refractivity contribution in [1.29, 1.82) is 0 Å². The van der Waals surface area contributed by atoms with Crippen LogP contribution in [0, 0.1) is 5.92 Å². The highest BCUT2D eigenvalue weighted by Gasteiger charge is 2.34. The minimum absolute atomic E-state index is 0.137. The van der Waals surface area contributed by atoms with Gasteiger partial charge < -0.3 is 15.0 Å². The van der Waals surface area contributed by atoms with Crippen molar-refractivity contribution in [3.63, 3.8) is 0 Å². The number of nitrogens with one attached hydrogen (secondary N) is 1. The molecule has 2 aliphatic rings. The van der Waals surface area contributed by atoms with E-state index in [1.165, 1.54) is 23.6 Å². The van der Waals surface area contributed by atoms with Gasteiger partial charge in [0.15, 0.2) is 0 Å². The van der Waals surface area contributed by atoms with Crippen LogP contribution in [0.3, 0.4) is 0 Å². The van der Waals surface area contributed by atoms with Gasteiger partial charge in [0.25, 0.3) is 0 Å². The quantitative estimate of drug-likeness (QED) is 0.830. The average Bonchev–Trinajstić information content (AvgIpc) is 3.26. The molecule has 4 nitrogen and oxygen atoms in total. The highest BCUT2D eigenvalue weighted by molar-refractivity contribution is 5.88. The van der Waals surface area contributed by atoms with Crippen LogP contribution in [0.5, 0.6) is 5.75 Å². The second kappa shape index (κ2) is 8.52. The van der Waals surface area contributed by atoms with E-state index < -0.39 is 0 Å². The fourth-order valence-corrected chi connectivity index (χ4v) is 5.03. The molecule has 0 spiro atoms. The molecule has 2 aromatic rings. The lowest BCUT2D eigenvalue weighted by atomic mass is 9.91. The minimum atomic E-state index is 0.137. The molecule has 2 fully saturated rings. The van der Waals surface area contributed by atoms with Crippen molar-refractivity contribution in [2.45, 2.75) is 64.1 Å². The Hall–Kier alpha value is -2.07. The van der Waals surface area contributed by atoms with E-state index in [1.807, 2.05) is 6.07 Å². The Morgan fingerprint density at radius 2 is 1.93 bits per heavy atom. The fourth-order valence-electron chi connectivity index (χ4n) is 5.03. The summed E-state index contributed by atoms with van der Waals surface area (Å²) >= 11 is 0. The first kappa shape index (κ1) is 19.3. The van der Waals surface area contributed by atoms with Crippen molar-refractivity contribution in [3.05, 3.63) is 42.0 Å². The van der Waals surface area contributed by atoms with Crippen molar-refractivity contribution < 1.29 is 9.53 Å². The number of benzene rings is 2. The van der Waals surface area contributed by atoms with Gasteiger partial charge in [0.1, 0.15) is 5.75 Å². The molecule has 28 heavy (non-hydrogen) atoms.